The van der Waals surface area contributed by atoms with E-state index in [1.165, 1.54) is 0 Å². The van der Waals surface area contributed by atoms with E-state index in [0.717, 1.165) is 16.5 Å². The number of hydrogen-bond donors (Lipinski definition) is 1. The molecule has 20 heavy (non-hydrogen) atoms. The second-order valence-electron chi connectivity index (χ2n) is 4.77. The third kappa shape index (κ3) is 2.43. The Morgan fingerprint density at radius 1 is 1.05 bits per heavy atom. The van der Waals surface area contributed by atoms with Crippen molar-refractivity contribution in [3.63, 3.8) is 0 Å². The van der Waals surface area contributed by atoms with Crippen LogP contribution in [0.25, 0.3) is 10.8 Å². The fraction of sp³-hybridized carbons (Fsp3) is 0.118. The summed E-state index contributed by atoms with van der Waals surface area (Å²) in [7, 11) is 0. The number of benzene rings is 2. The van der Waals surface area contributed by atoms with Crippen molar-refractivity contribution >= 4 is 16.7 Å². The molecule has 0 aliphatic carbocycles. The maximum atomic E-state index is 12.2. The minimum atomic E-state index is -0.149. The Morgan fingerprint density at radius 2 is 1.85 bits per heavy atom. The summed E-state index contributed by atoms with van der Waals surface area (Å²) < 4.78 is 5.29. The van der Waals surface area contributed by atoms with Crippen LogP contribution in [0.3, 0.4) is 0 Å². The Morgan fingerprint density at radius 3 is 2.60 bits per heavy atom. The number of carbonyl (C=O) groups excluding carboxylic acids is 1. The second kappa shape index (κ2) is 5.21. The van der Waals surface area contributed by atoms with Gasteiger partial charge in [0.1, 0.15) is 5.76 Å². The first kappa shape index (κ1) is 12.5. The summed E-state index contributed by atoms with van der Waals surface area (Å²) in [5.41, 5.74) is 0.655. The van der Waals surface area contributed by atoms with Gasteiger partial charge in [-0.1, -0.05) is 30.3 Å². The minimum absolute atomic E-state index is 0.0975. The van der Waals surface area contributed by atoms with Gasteiger partial charge in [0.05, 0.1) is 12.3 Å². The number of hydrogen-bond acceptors (Lipinski definition) is 2. The average Bonchev–Trinajstić information content (AvgIpc) is 3.01. The summed E-state index contributed by atoms with van der Waals surface area (Å²) in [6.45, 7) is 1.90. The van der Waals surface area contributed by atoms with Gasteiger partial charge in [-0.15, -0.1) is 0 Å². The molecule has 0 saturated carbocycles. The largest absolute Gasteiger partial charge is 0.467 e. The van der Waals surface area contributed by atoms with Crippen LogP contribution in [0.5, 0.6) is 0 Å². The molecule has 1 aromatic heterocycles. The zero-order valence-corrected chi connectivity index (χ0v) is 11.2. The molecule has 3 rings (SSSR count). The molecule has 3 aromatic rings. The third-order valence-electron chi connectivity index (χ3n) is 3.33. The molecule has 100 valence electrons. The van der Waals surface area contributed by atoms with Crippen molar-refractivity contribution in [1.29, 1.82) is 0 Å². The van der Waals surface area contributed by atoms with Crippen molar-refractivity contribution in [3.05, 3.63) is 72.2 Å². The summed E-state index contributed by atoms with van der Waals surface area (Å²) in [6.07, 6.45) is 1.61. The first-order valence-corrected chi connectivity index (χ1v) is 6.57. The van der Waals surface area contributed by atoms with Gasteiger partial charge in [-0.05, 0) is 42.0 Å². The number of amides is 1. The predicted octanol–water partition coefficient (Wildman–Crippen LogP) is 3.92. The summed E-state index contributed by atoms with van der Waals surface area (Å²) in [5.74, 6) is 0.652. The monoisotopic (exact) mass is 265 g/mol. The Kier molecular flexibility index (Phi) is 3.25. The highest BCUT2D eigenvalue weighted by Gasteiger charge is 2.13. The number of nitrogens with one attached hydrogen (secondary N) is 1. The van der Waals surface area contributed by atoms with Gasteiger partial charge >= 0.3 is 0 Å². The molecular weight excluding hydrogens is 250 g/mol. The van der Waals surface area contributed by atoms with Gasteiger partial charge in [0, 0.05) is 5.56 Å². The lowest BCUT2D eigenvalue weighted by atomic mass is 10.1. The molecule has 0 bridgehead atoms. The van der Waals surface area contributed by atoms with Crippen molar-refractivity contribution in [3.8, 4) is 0 Å². The van der Waals surface area contributed by atoms with E-state index in [1.54, 1.807) is 6.26 Å². The van der Waals surface area contributed by atoms with Crippen molar-refractivity contribution in [2.75, 3.05) is 0 Å². The molecule has 1 heterocycles. The molecule has 0 aliphatic heterocycles. The molecule has 0 fully saturated rings. The number of furan rings is 1. The molecule has 3 heteroatoms. The molecule has 0 radical (unpaired) electrons. The highest BCUT2D eigenvalue weighted by Crippen LogP contribution is 2.17. The first-order valence-electron chi connectivity index (χ1n) is 6.57. The lowest BCUT2D eigenvalue weighted by Gasteiger charge is -2.11. The fourth-order valence-corrected chi connectivity index (χ4v) is 2.22. The second-order valence-corrected chi connectivity index (χ2v) is 4.77. The van der Waals surface area contributed by atoms with Crippen LogP contribution < -0.4 is 5.32 Å². The van der Waals surface area contributed by atoms with E-state index < -0.39 is 0 Å². The maximum Gasteiger partial charge on any atom is 0.251 e. The zero-order valence-electron chi connectivity index (χ0n) is 11.2. The highest BCUT2D eigenvalue weighted by atomic mass is 16.3. The molecule has 3 nitrogen and oxygen atoms in total. The summed E-state index contributed by atoms with van der Waals surface area (Å²) in [5, 5.41) is 5.12. The summed E-state index contributed by atoms with van der Waals surface area (Å²) >= 11 is 0. The van der Waals surface area contributed by atoms with E-state index in [-0.39, 0.29) is 11.9 Å². The van der Waals surface area contributed by atoms with Crippen molar-refractivity contribution in [2.45, 2.75) is 13.0 Å². The van der Waals surface area contributed by atoms with Gasteiger partial charge in [0.15, 0.2) is 0 Å². The van der Waals surface area contributed by atoms with E-state index in [1.807, 2.05) is 61.5 Å². The molecule has 1 atom stereocenters. The quantitative estimate of drug-likeness (QED) is 0.779. The molecule has 1 amide bonds. The van der Waals surface area contributed by atoms with E-state index in [2.05, 4.69) is 5.32 Å². The topological polar surface area (TPSA) is 42.2 Å². The zero-order chi connectivity index (χ0) is 13.9. The van der Waals surface area contributed by atoms with E-state index >= 15 is 0 Å². The number of fused-ring (bicyclic) bond motifs is 1. The molecule has 1 N–H and O–H groups in total. The van der Waals surface area contributed by atoms with Crippen LogP contribution >= 0.6 is 0 Å². The van der Waals surface area contributed by atoms with Gasteiger partial charge in [-0.3, -0.25) is 4.79 Å². The lowest BCUT2D eigenvalue weighted by molar-refractivity contribution is 0.0935. The molecule has 0 unspecified atom stereocenters. The van der Waals surface area contributed by atoms with Crippen molar-refractivity contribution < 1.29 is 9.21 Å². The van der Waals surface area contributed by atoms with Gasteiger partial charge in [0.2, 0.25) is 0 Å². The maximum absolute atomic E-state index is 12.2. The molecule has 0 saturated heterocycles. The van der Waals surface area contributed by atoms with Crippen molar-refractivity contribution in [1.82, 2.24) is 5.32 Å². The van der Waals surface area contributed by atoms with E-state index in [4.69, 9.17) is 4.42 Å². The Labute approximate surface area is 117 Å². The summed E-state index contributed by atoms with van der Waals surface area (Å²) in [4.78, 5) is 12.2. The SMILES string of the molecule is C[C@H](NC(=O)c1ccc2ccccc2c1)c1ccco1. The number of carbonyl (C=O) groups is 1. The molecule has 0 spiro atoms. The smallest absolute Gasteiger partial charge is 0.251 e. The Bertz CT molecular complexity index is 732. The predicted molar refractivity (Wildman–Crippen MR) is 78.5 cm³/mol. The van der Waals surface area contributed by atoms with E-state index in [0.29, 0.717) is 5.56 Å². The van der Waals surface area contributed by atoms with Gasteiger partial charge in [-0.2, -0.15) is 0 Å². The lowest BCUT2D eigenvalue weighted by Crippen LogP contribution is -2.26. The van der Waals surface area contributed by atoms with Crippen LogP contribution in [0, 0.1) is 0 Å². The van der Waals surface area contributed by atoms with Crippen LogP contribution in [0.4, 0.5) is 0 Å². The average molecular weight is 265 g/mol. The Balaban J connectivity index is 1.82. The van der Waals surface area contributed by atoms with Crippen LogP contribution in [-0.4, -0.2) is 5.91 Å². The molecule has 2 aromatic carbocycles. The van der Waals surface area contributed by atoms with Crippen molar-refractivity contribution in [2.24, 2.45) is 0 Å². The fourth-order valence-electron chi connectivity index (χ4n) is 2.22. The molecule has 0 aliphatic rings. The standard InChI is InChI=1S/C17H15NO2/c1-12(16-7-4-10-20-16)18-17(19)15-9-8-13-5-2-3-6-14(13)11-15/h2-12H,1H3,(H,18,19)/t12-/m0/s1. The highest BCUT2D eigenvalue weighted by molar-refractivity contribution is 5.98. The van der Waals surface area contributed by atoms with Crippen LogP contribution in [0.1, 0.15) is 29.1 Å². The normalized spacial score (nSPS) is 12.2. The van der Waals surface area contributed by atoms with Gasteiger partial charge in [-0.25, -0.2) is 0 Å². The van der Waals surface area contributed by atoms with Crippen LogP contribution in [-0.2, 0) is 0 Å². The third-order valence-corrected chi connectivity index (χ3v) is 3.33. The van der Waals surface area contributed by atoms with E-state index in [9.17, 15) is 4.79 Å². The van der Waals surface area contributed by atoms with Gasteiger partial charge < -0.3 is 9.73 Å². The molecular formula is C17H15NO2. The Hall–Kier alpha value is -2.55. The number of rotatable bonds is 3. The first-order chi connectivity index (χ1) is 9.74. The van der Waals surface area contributed by atoms with Gasteiger partial charge in [0.25, 0.3) is 5.91 Å². The minimum Gasteiger partial charge on any atom is -0.467 e. The summed E-state index contributed by atoms with van der Waals surface area (Å²) in [6, 6.07) is 17.2. The van der Waals surface area contributed by atoms with Crippen LogP contribution in [0.15, 0.2) is 65.3 Å². The van der Waals surface area contributed by atoms with Crippen LogP contribution in [0.2, 0.25) is 0 Å².